The molecule has 62 heavy (non-hydrogen) atoms. The average Bonchev–Trinajstić information content (AvgIpc) is 3.86. The average molecular weight is 793 g/mol. The van der Waals surface area contributed by atoms with Gasteiger partial charge in [-0.05, 0) is 69.2 Å². The Morgan fingerprint density at radius 1 is 0.452 bits per heavy atom. The van der Waals surface area contributed by atoms with Gasteiger partial charge in [-0.2, -0.15) is 0 Å². The zero-order valence-electron chi connectivity index (χ0n) is 33.5. The molecule has 290 valence electrons. The van der Waals surface area contributed by atoms with Crippen LogP contribution >= 0.6 is 0 Å². The number of furan rings is 1. The fourth-order valence-electron chi connectivity index (χ4n) is 9.62. The summed E-state index contributed by atoms with van der Waals surface area (Å²) in [5.41, 5.74) is 8.78. The Bertz CT molecular complexity index is 3840. The lowest BCUT2D eigenvalue weighted by Gasteiger charge is -2.16. The Hall–Kier alpha value is -8.15. The van der Waals surface area contributed by atoms with E-state index in [1.54, 1.807) is 0 Å². The maximum absolute atomic E-state index is 6.84. The van der Waals surface area contributed by atoms with E-state index in [4.69, 9.17) is 19.4 Å². The van der Waals surface area contributed by atoms with Crippen molar-refractivity contribution in [1.82, 2.24) is 19.5 Å². The predicted octanol–water partition coefficient (Wildman–Crippen LogP) is 14.9. The molecule has 1 unspecified atom stereocenters. The monoisotopic (exact) mass is 792 g/mol. The van der Waals surface area contributed by atoms with Gasteiger partial charge in [0.25, 0.3) is 0 Å². The van der Waals surface area contributed by atoms with Crippen LogP contribution in [-0.4, -0.2) is 19.5 Å². The number of aromatic nitrogens is 4. The van der Waals surface area contributed by atoms with Gasteiger partial charge in [0.15, 0.2) is 17.5 Å². The molecular formula is C57H36N4O. The lowest BCUT2D eigenvalue weighted by atomic mass is 9.92. The van der Waals surface area contributed by atoms with Crippen LogP contribution in [0.2, 0.25) is 0 Å². The Balaban J connectivity index is 1.15. The van der Waals surface area contributed by atoms with Gasteiger partial charge in [0.05, 0.1) is 16.7 Å². The maximum Gasteiger partial charge on any atom is 0.166 e. The van der Waals surface area contributed by atoms with Crippen molar-refractivity contribution < 1.29 is 4.42 Å². The van der Waals surface area contributed by atoms with Crippen molar-refractivity contribution in [2.75, 3.05) is 0 Å². The molecule has 0 amide bonds. The third kappa shape index (κ3) is 5.52. The number of rotatable bonds is 5. The summed E-state index contributed by atoms with van der Waals surface area (Å²) in [5.74, 6) is 2.16. The Labute approximate surface area is 356 Å². The first-order valence-corrected chi connectivity index (χ1v) is 21.2. The molecule has 5 nitrogen and oxygen atoms in total. The molecule has 0 saturated heterocycles. The van der Waals surface area contributed by atoms with E-state index in [9.17, 15) is 0 Å². The van der Waals surface area contributed by atoms with Crippen molar-refractivity contribution in [2.24, 2.45) is 0 Å². The van der Waals surface area contributed by atoms with Crippen molar-refractivity contribution in [3.05, 3.63) is 206 Å². The third-order valence-corrected chi connectivity index (χ3v) is 12.7. The zero-order valence-corrected chi connectivity index (χ0v) is 33.5. The first kappa shape index (κ1) is 34.7. The number of fused-ring (bicyclic) bond motifs is 10. The molecule has 1 aliphatic rings. The van der Waals surface area contributed by atoms with Crippen LogP contribution in [0.3, 0.4) is 0 Å². The van der Waals surface area contributed by atoms with Gasteiger partial charge in [0.1, 0.15) is 11.2 Å². The van der Waals surface area contributed by atoms with Gasteiger partial charge in [0.2, 0.25) is 0 Å². The molecule has 0 saturated carbocycles. The summed E-state index contributed by atoms with van der Waals surface area (Å²) >= 11 is 0. The summed E-state index contributed by atoms with van der Waals surface area (Å²) in [6, 6.07) is 62.7. The fraction of sp³-hybridized carbons (Fsp3) is 0.0351. The highest BCUT2D eigenvalue weighted by Crippen LogP contribution is 2.44. The molecule has 0 radical (unpaired) electrons. The van der Waals surface area contributed by atoms with Crippen LogP contribution in [0.25, 0.3) is 116 Å². The molecule has 1 atom stereocenters. The summed E-state index contributed by atoms with van der Waals surface area (Å²) in [6.07, 6.45) is 9.73. The van der Waals surface area contributed by atoms with Crippen molar-refractivity contribution in [2.45, 2.75) is 12.3 Å². The Morgan fingerprint density at radius 2 is 1.06 bits per heavy atom. The summed E-state index contributed by atoms with van der Waals surface area (Å²) in [4.78, 5) is 16.0. The van der Waals surface area contributed by atoms with Gasteiger partial charge in [-0.1, -0.05) is 164 Å². The van der Waals surface area contributed by atoms with Crippen LogP contribution in [0.4, 0.5) is 0 Å². The van der Waals surface area contributed by atoms with E-state index in [0.29, 0.717) is 23.4 Å². The van der Waals surface area contributed by atoms with Crippen molar-refractivity contribution in [3.63, 3.8) is 0 Å². The smallest absolute Gasteiger partial charge is 0.166 e. The first-order valence-electron chi connectivity index (χ1n) is 21.2. The molecule has 3 aromatic heterocycles. The normalized spacial score (nSPS) is 14.1. The van der Waals surface area contributed by atoms with Crippen molar-refractivity contribution in [3.8, 4) is 39.9 Å². The molecule has 12 aromatic rings. The number of benzene rings is 9. The second-order valence-electron chi connectivity index (χ2n) is 16.3. The quantitative estimate of drug-likeness (QED) is 0.174. The highest BCUT2D eigenvalue weighted by molar-refractivity contribution is 6.21. The van der Waals surface area contributed by atoms with Crippen LogP contribution in [0, 0.1) is 0 Å². The summed E-state index contributed by atoms with van der Waals surface area (Å²) < 4.78 is 9.26. The van der Waals surface area contributed by atoms with Crippen molar-refractivity contribution in [1.29, 1.82) is 0 Å². The number of hydrogen-bond acceptors (Lipinski definition) is 4. The summed E-state index contributed by atoms with van der Waals surface area (Å²) in [5, 5.41) is 11.4. The Morgan fingerprint density at radius 3 is 1.81 bits per heavy atom. The van der Waals surface area contributed by atoms with Gasteiger partial charge in [-0.25, -0.2) is 15.0 Å². The van der Waals surface area contributed by atoms with Gasteiger partial charge < -0.3 is 8.98 Å². The van der Waals surface area contributed by atoms with E-state index in [-0.39, 0.29) is 0 Å². The minimum Gasteiger partial charge on any atom is -0.456 e. The van der Waals surface area contributed by atoms with Crippen LogP contribution in [0.1, 0.15) is 17.9 Å². The van der Waals surface area contributed by atoms with E-state index < -0.39 is 0 Å². The van der Waals surface area contributed by atoms with Gasteiger partial charge >= 0.3 is 0 Å². The molecule has 0 bridgehead atoms. The molecule has 0 aliphatic heterocycles. The standard InChI is InChI=1S/C57H36N4O/c1-3-13-35(14-4-1)36-23-25-39(26-24-36)56-58-55(38-16-5-2-6-17-38)59-57(60-56)49-33-48-47-30-41-19-8-10-21-43(41)32-52(47)62-53(48)34-51(49)61-50-31-42-20-9-7-18-40(42)29-46(50)45-28-27-37-15-11-12-22-44(37)54(45)61/h1-13,15-35H,14H2. The van der Waals surface area contributed by atoms with Gasteiger partial charge in [-0.15, -0.1) is 0 Å². The molecule has 0 N–H and O–H groups in total. The van der Waals surface area contributed by atoms with E-state index in [0.717, 1.165) is 77.9 Å². The van der Waals surface area contributed by atoms with Gasteiger partial charge in [0, 0.05) is 55.6 Å². The van der Waals surface area contributed by atoms with Crippen LogP contribution in [0.5, 0.6) is 0 Å². The van der Waals surface area contributed by atoms with Crippen LogP contribution < -0.4 is 0 Å². The molecule has 9 aromatic carbocycles. The SMILES string of the molecule is C1=CCC(c2ccc(-c3nc(-c4ccccc4)nc(-c4cc5c(cc4-n4c6cc7ccccc7cc6c6ccc7ccccc7c64)oc4cc6ccccc6cc45)n3)cc2)C=C1. The third-order valence-electron chi connectivity index (χ3n) is 12.7. The predicted molar refractivity (Wildman–Crippen MR) is 256 cm³/mol. The molecule has 1 aliphatic carbocycles. The molecule has 5 heteroatoms. The van der Waals surface area contributed by atoms with E-state index in [2.05, 4.69) is 187 Å². The van der Waals surface area contributed by atoms with E-state index in [1.807, 2.05) is 18.2 Å². The minimum absolute atomic E-state index is 0.346. The van der Waals surface area contributed by atoms with Gasteiger partial charge in [-0.3, -0.25) is 0 Å². The van der Waals surface area contributed by atoms with E-state index >= 15 is 0 Å². The molecular weight excluding hydrogens is 757 g/mol. The second-order valence-corrected chi connectivity index (χ2v) is 16.3. The highest BCUT2D eigenvalue weighted by Gasteiger charge is 2.24. The first-order chi connectivity index (χ1) is 30.7. The lowest BCUT2D eigenvalue weighted by Crippen LogP contribution is -2.04. The summed E-state index contributed by atoms with van der Waals surface area (Å²) in [6.45, 7) is 0. The van der Waals surface area contributed by atoms with Crippen LogP contribution in [0.15, 0.2) is 205 Å². The minimum atomic E-state index is 0.346. The number of allylic oxidation sites excluding steroid dienone is 4. The molecule has 0 fully saturated rings. The maximum atomic E-state index is 6.84. The van der Waals surface area contributed by atoms with Crippen molar-refractivity contribution >= 4 is 76.1 Å². The van der Waals surface area contributed by atoms with E-state index in [1.165, 1.54) is 32.5 Å². The number of hydrogen-bond donors (Lipinski definition) is 0. The molecule has 13 rings (SSSR count). The zero-order chi connectivity index (χ0) is 40.7. The molecule has 0 spiro atoms. The topological polar surface area (TPSA) is 56.7 Å². The number of nitrogens with zero attached hydrogens (tertiary/aromatic N) is 4. The second kappa shape index (κ2) is 13.7. The summed E-state index contributed by atoms with van der Waals surface area (Å²) in [7, 11) is 0. The highest BCUT2D eigenvalue weighted by atomic mass is 16.3. The Kier molecular flexibility index (Phi) is 7.66. The molecule has 3 heterocycles. The van der Waals surface area contributed by atoms with Crippen LogP contribution in [-0.2, 0) is 0 Å². The largest absolute Gasteiger partial charge is 0.456 e. The fourth-order valence-corrected chi connectivity index (χ4v) is 9.62. The lowest BCUT2D eigenvalue weighted by molar-refractivity contribution is 0.669.